The van der Waals surface area contributed by atoms with Crippen LogP contribution in [0.25, 0.3) is 5.69 Å². The number of amides is 1. The zero-order valence-electron chi connectivity index (χ0n) is 21.1. The van der Waals surface area contributed by atoms with E-state index in [0.29, 0.717) is 12.1 Å². The number of para-hydroxylation sites is 2. The second-order valence-electron chi connectivity index (χ2n) is 8.60. The van der Waals surface area contributed by atoms with Gasteiger partial charge >= 0.3 is 0 Å². The third-order valence-electron chi connectivity index (χ3n) is 6.14. The zero-order valence-corrected chi connectivity index (χ0v) is 21.9. The van der Waals surface area contributed by atoms with Gasteiger partial charge in [0.2, 0.25) is 0 Å². The third kappa shape index (κ3) is 5.65. The maximum atomic E-state index is 13.6. The number of carbonyl (C=O) groups excluding carboxylic acids is 1. The van der Waals surface area contributed by atoms with E-state index in [0.717, 1.165) is 32.5 Å². The van der Waals surface area contributed by atoms with Gasteiger partial charge in [0.15, 0.2) is 0 Å². The van der Waals surface area contributed by atoms with Crippen LogP contribution in [0.15, 0.2) is 101 Å². The number of rotatable bonds is 9. The first-order valence-electron chi connectivity index (χ1n) is 12.0. The minimum Gasteiger partial charge on any atom is -0.318 e. The van der Waals surface area contributed by atoms with E-state index in [2.05, 4.69) is 15.1 Å². The van der Waals surface area contributed by atoms with Crippen LogP contribution in [-0.4, -0.2) is 31.7 Å². The van der Waals surface area contributed by atoms with Gasteiger partial charge in [-0.2, -0.15) is 5.10 Å². The topological polar surface area (TPSA) is 83.8 Å². The van der Waals surface area contributed by atoms with Crippen LogP contribution in [0.4, 0.5) is 5.69 Å². The van der Waals surface area contributed by atoms with Crippen molar-refractivity contribution in [2.75, 3.05) is 10.8 Å². The molecule has 37 heavy (non-hydrogen) atoms. The van der Waals surface area contributed by atoms with Crippen LogP contribution >= 0.6 is 0 Å². The number of anilines is 1. The normalized spacial score (nSPS) is 11.5. The summed E-state index contributed by atoms with van der Waals surface area (Å²) in [6, 6.07) is 27.3. The van der Waals surface area contributed by atoms with E-state index in [-0.39, 0.29) is 4.90 Å². The lowest BCUT2D eigenvalue weighted by atomic mass is 10.1. The number of hydrogen-bond acceptors (Lipinski definition) is 4. The molecule has 1 aromatic heterocycles. The Balaban J connectivity index is 1.57. The summed E-state index contributed by atoms with van der Waals surface area (Å²) >= 11 is 0. The Morgan fingerprint density at radius 1 is 0.946 bits per heavy atom. The molecule has 3 aromatic carbocycles. The average Bonchev–Trinajstić information content (AvgIpc) is 3.20. The molecule has 0 bridgehead atoms. The van der Waals surface area contributed by atoms with Crippen LogP contribution < -0.4 is 9.73 Å². The molecule has 1 N–H and O–H groups in total. The standard InChI is InChI=1S/C29H30N4O3S/c1-4-24-13-11-12-18-28(24)32(37(35,36)27-16-9-6-10-17-27)21-29(34)31-30-20-25-19-22(2)33(23(25)3)26-14-7-5-8-15-26/h5-20H,4,21H2,1-3H3,(H,31,34)/b30-20-. The maximum Gasteiger partial charge on any atom is 0.264 e. The van der Waals surface area contributed by atoms with Gasteiger partial charge in [-0.05, 0) is 62.2 Å². The Morgan fingerprint density at radius 3 is 2.24 bits per heavy atom. The molecule has 1 amide bonds. The maximum absolute atomic E-state index is 13.6. The van der Waals surface area contributed by atoms with E-state index in [4.69, 9.17) is 0 Å². The lowest BCUT2D eigenvalue weighted by Gasteiger charge is -2.25. The van der Waals surface area contributed by atoms with Crippen LogP contribution in [0, 0.1) is 13.8 Å². The molecule has 0 aliphatic carbocycles. The van der Waals surface area contributed by atoms with Crippen LogP contribution in [0.5, 0.6) is 0 Å². The number of sulfonamides is 1. The quantitative estimate of drug-likeness (QED) is 0.252. The van der Waals surface area contributed by atoms with Crippen LogP contribution in [0.3, 0.4) is 0 Å². The first kappa shape index (κ1) is 25.9. The smallest absolute Gasteiger partial charge is 0.264 e. The second kappa shape index (κ2) is 11.3. The van der Waals surface area contributed by atoms with Crippen LogP contribution in [0.2, 0.25) is 0 Å². The molecule has 1 heterocycles. The lowest BCUT2D eigenvalue weighted by molar-refractivity contribution is -0.119. The fourth-order valence-electron chi connectivity index (χ4n) is 4.30. The van der Waals surface area contributed by atoms with Gasteiger partial charge < -0.3 is 4.57 Å². The Hall–Kier alpha value is -4.17. The predicted molar refractivity (Wildman–Crippen MR) is 148 cm³/mol. The summed E-state index contributed by atoms with van der Waals surface area (Å²) in [5, 5.41) is 4.14. The van der Waals surface area contributed by atoms with E-state index in [1.54, 1.807) is 36.5 Å². The molecule has 0 aliphatic heterocycles. The highest BCUT2D eigenvalue weighted by Crippen LogP contribution is 2.27. The number of hydrogen-bond donors (Lipinski definition) is 1. The van der Waals surface area contributed by atoms with Crippen LogP contribution in [-0.2, 0) is 21.2 Å². The highest BCUT2D eigenvalue weighted by Gasteiger charge is 2.28. The molecule has 7 nitrogen and oxygen atoms in total. The summed E-state index contributed by atoms with van der Waals surface area (Å²) in [6.45, 7) is 5.53. The number of carbonyl (C=O) groups is 1. The Kier molecular flexibility index (Phi) is 7.89. The monoisotopic (exact) mass is 514 g/mol. The Morgan fingerprint density at radius 2 is 1.57 bits per heavy atom. The molecular formula is C29H30N4O3S. The Bertz CT molecular complexity index is 1510. The van der Waals surface area contributed by atoms with E-state index < -0.39 is 22.5 Å². The van der Waals surface area contributed by atoms with Crippen molar-refractivity contribution in [3.8, 4) is 5.69 Å². The second-order valence-corrected chi connectivity index (χ2v) is 10.5. The molecule has 0 saturated heterocycles. The number of nitrogens with one attached hydrogen (secondary N) is 1. The summed E-state index contributed by atoms with van der Waals surface area (Å²) in [4.78, 5) is 13.1. The predicted octanol–water partition coefficient (Wildman–Crippen LogP) is 5.00. The molecule has 0 saturated carbocycles. The number of aromatic nitrogens is 1. The molecule has 4 rings (SSSR count). The molecule has 8 heteroatoms. The van der Waals surface area contributed by atoms with Crippen LogP contribution in [0.1, 0.15) is 29.4 Å². The van der Waals surface area contributed by atoms with Gasteiger partial charge in [0.1, 0.15) is 6.54 Å². The molecule has 0 spiro atoms. The fraction of sp³-hybridized carbons (Fsp3) is 0.172. The van der Waals surface area contributed by atoms with Crippen molar-refractivity contribution in [3.63, 3.8) is 0 Å². The molecule has 0 aliphatic rings. The van der Waals surface area contributed by atoms with Gasteiger partial charge in [-0.25, -0.2) is 13.8 Å². The Labute approximate surface area is 218 Å². The van der Waals surface area contributed by atoms with Crippen molar-refractivity contribution in [1.82, 2.24) is 9.99 Å². The number of nitrogens with zero attached hydrogens (tertiary/aromatic N) is 3. The number of aryl methyl sites for hydroxylation is 2. The van der Waals surface area contributed by atoms with E-state index in [9.17, 15) is 13.2 Å². The highest BCUT2D eigenvalue weighted by molar-refractivity contribution is 7.92. The van der Waals surface area contributed by atoms with E-state index in [1.807, 2.05) is 69.3 Å². The van der Waals surface area contributed by atoms with Crippen molar-refractivity contribution >= 4 is 27.8 Å². The molecule has 0 fully saturated rings. The summed E-state index contributed by atoms with van der Waals surface area (Å²) in [5.74, 6) is -0.543. The SMILES string of the molecule is CCc1ccccc1N(CC(=O)N/N=C\c1cc(C)n(-c2ccccc2)c1C)S(=O)(=O)c1ccccc1. The first-order valence-corrected chi connectivity index (χ1v) is 13.5. The van der Waals surface area contributed by atoms with Crippen molar-refractivity contribution in [2.24, 2.45) is 5.10 Å². The van der Waals surface area contributed by atoms with Crippen molar-refractivity contribution in [1.29, 1.82) is 0 Å². The van der Waals surface area contributed by atoms with Gasteiger partial charge in [-0.15, -0.1) is 0 Å². The minimum absolute atomic E-state index is 0.116. The third-order valence-corrected chi connectivity index (χ3v) is 7.91. The van der Waals surface area contributed by atoms with Crippen molar-refractivity contribution in [2.45, 2.75) is 32.1 Å². The lowest BCUT2D eigenvalue weighted by Crippen LogP contribution is -2.40. The molecule has 0 atom stereocenters. The first-order chi connectivity index (χ1) is 17.8. The molecule has 4 aromatic rings. The van der Waals surface area contributed by atoms with Gasteiger partial charge in [0.25, 0.3) is 15.9 Å². The minimum atomic E-state index is -3.98. The van der Waals surface area contributed by atoms with Gasteiger partial charge in [-0.1, -0.05) is 61.5 Å². The van der Waals surface area contributed by atoms with Gasteiger partial charge in [0, 0.05) is 22.6 Å². The van der Waals surface area contributed by atoms with Crippen molar-refractivity contribution < 1.29 is 13.2 Å². The molecular weight excluding hydrogens is 484 g/mol. The fourth-order valence-corrected chi connectivity index (χ4v) is 5.78. The zero-order chi connectivity index (χ0) is 26.4. The van der Waals surface area contributed by atoms with Gasteiger partial charge in [-0.3, -0.25) is 9.10 Å². The summed E-state index contributed by atoms with van der Waals surface area (Å²) in [5.41, 5.74) is 7.71. The largest absolute Gasteiger partial charge is 0.318 e. The summed E-state index contributed by atoms with van der Waals surface area (Å²) < 4.78 is 30.4. The number of hydrazone groups is 1. The van der Waals surface area contributed by atoms with Gasteiger partial charge in [0.05, 0.1) is 16.8 Å². The molecule has 0 radical (unpaired) electrons. The number of benzene rings is 3. The van der Waals surface area contributed by atoms with E-state index in [1.165, 1.54) is 12.1 Å². The molecule has 0 unspecified atom stereocenters. The summed E-state index contributed by atoms with van der Waals surface area (Å²) in [6.07, 6.45) is 2.20. The average molecular weight is 515 g/mol. The van der Waals surface area contributed by atoms with E-state index >= 15 is 0 Å². The molecule has 190 valence electrons. The summed E-state index contributed by atoms with van der Waals surface area (Å²) in [7, 11) is -3.98. The highest BCUT2D eigenvalue weighted by atomic mass is 32.2. The van der Waals surface area contributed by atoms with Crippen molar-refractivity contribution in [3.05, 3.63) is 114 Å².